The number of nitrogens with zero attached hydrogens (tertiary/aromatic N) is 1. The molecule has 0 atom stereocenters. The van der Waals surface area contributed by atoms with E-state index >= 15 is 0 Å². The van der Waals surface area contributed by atoms with Crippen molar-refractivity contribution in [2.75, 3.05) is 37.7 Å². The molecule has 0 bridgehead atoms. The molecule has 1 aromatic rings. The van der Waals surface area contributed by atoms with Gasteiger partial charge >= 0.3 is 0 Å². The second-order valence-corrected chi connectivity index (χ2v) is 3.55. The maximum atomic E-state index is 12.7. The lowest BCUT2D eigenvalue weighted by Crippen LogP contribution is -2.24. The van der Waals surface area contributed by atoms with Crippen LogP contribution in [0.1, 0.15) is 6.92 Å². The highest BCUT2D eigenvalue weighted by Crippen LogP contribution is 2.18. The second-order valence-electron chi connectivity index (χ2n) is 3.55. The van der Waals surface area contributed by atoms with Gasteiger partial charge in [0.15, 0.2) is 0 Å². The lowest BCUT2D eigenvalue weighted by atomic mass is 10.2. The molecule has 0 aliphatic carbocycles. The smallest absolute Gasteiger partial charge is 0.125 e. The van der Waals surface area contributed by atoms with Crippen molar-refractivity contribution in [3.8, 4) is 0 Å². The zero-order valence-corrected chi connectivity index (χ0v) is 9.26. The van der Waals surface area contributed by atoms with Gasteiger partial charge in [-0.1, -0.05) is 6.92 Å². The van der Waals surface area contributed by atoms with Crippen molar-refractivity contribution in [3.05, 3.63) is 24.0 Å². The summed E-state index contributed by atoms with van der Waals surface area (Å²) < 4.78 is 12.7. The number of halogens is 1. The Morgan fingerprint density at radius 2 is 2.20 bits per heavy atom. The molecule has 3 nitrogen and oxygen atoms in total. The maximum absolute atomic E-state index is 12.7. The quantitative estimate of drug-likeness (QED) is 0.729. The second kappa shape index (κ2) is 5.56. The number of rotatable bonds is 5. The third kappa shape index (κ3) is 3.75. The largest absolute Gasteiger partial charge is 0.397 e. The monoisotopic (exact) mass is 211 g/mol. The highest BCUT2D eigenvalue weighted by molar-refractivity contribution is 5.65. The van der Waals surface area contributed by atoms with Crippen molar-refractivity contribution in [2.24, 2.45) is 0 Å². The molecule has 0 saturated heterocycles. The van der Waals surface area contributed by atoms with Gasteiger partial charge < -0.3 is 16.0 Å². The molecule has 0 heterocycles. The van der Waals surface area contributed by atoms with Crippen molar-refractivity contribution in [2.45, 2.75) is 6.92 Å². The number of hydrogen-bond donors (Lipinski definition) is 2. The van der Waals surface area contributed by atoms with Gasteiger partial charge in [-0.15, -0.1) is 0 Å². The van der Waals surface area contributed by atoms with E-state index in [1.54, 1.807) is 6.07 Å². The Labute approximate surface area is 90.1 Å². The molecule has 0 unspecified atom stereocenters. The Balaban J connectivity index is 2.44. The Kier molecular flexibility index (Phi) is 4.37. The molecular weight excluding hydrogens is 193 g/mol. The summed E-state index contributed by atoms with van der Waals surface area (Å²) >= 11 is 0. The van der Waals surface area contributed by atoms with E-state index in [0.717, 1.165) is 25.3 Å². The zero-order valence-electron chi connectivity index (χ0n) is 9.26. The van der Waals surface area contributed by atoms with Gasteiger partial charge in [0, 0.05) is 13.1 Å². The molecule has 0 aromatic heterocycles. The number of benzene rings is 1. The van der Waals surface area contributed by atoms with E-state index in [4.69, 9.17) is 5.73 Å². The van der Waals surface area contributed by atoms with E-state index in [2.05, 4.69) is 24.2 Å². The Morgan fingerprint density at radius 1 is 1.47 bits per heavy atom. The lowest BCUT2D eigenvalue weighted by Gasteiger charge is -2.15. The molecule has 1 rings (SSSR count). The van der Waals surface area contributed by atoms with Crippen LogP contribution in [-0.2, 0) is 0 Å². The van der Waals surface area contributed by atoms with Gasteiger partial charge in [-0.3, -0.25) is 0 Å². The van der Waals surface area contributed by atoms with Gasteiger partial charge in [0.25, 0.3) is 0 Å². The molecule has 0 amide bonds. The third-order valence-electron chi connectivity index (χ3n) is 2.36. The highest BCUT2D eigenvalue weighted by atomic mass is 19.1. The van der Waals surface area contributed by atoms with Crippen LogP contribution in [0.4, 0.5) is 15.8 Å². The van der Waals surface area contributed by atoms with Crippen molar-refractivity contribution < 1.29 is 4.39 Å². The standard InChI is InChI=1S/C11H18FN3/c1-3-15(2)7-6-14-11-5-4-9(12)8-10(11)13/h4-5,8,14H,3,6-7,13H2,1-2H3. The molecule has 0 saturated carbocycles. The number of anilines is 2. The van der Waals surface area contributed by atoms with Crippen molar-refractivity contribution in [1.29, 1.82) is 0 Å². The van der Waals surface area contributed by atoms with Crippen LogP contribution in [0.3, 0.4) is 0 Å². The van der Waals surface area contributed by atoms with Gasteiger partial charge in [-0.25, -0.2) is 4.39 Å². The molecule has 0 spiro atoms. The van der Waals surface area contributed by atoms with E-state index in [1.165, 1.54) is 12.1 Å². The number of nitrogen functional groups attached to an aromatic ring is 1. The molecule has 15 heavy (non-hydrogen) atoms. The van der Waals surface area contributed by atoms with Crippen molar-refractivity contribution in [3.63, 3.8) is 0 Å². The number of nitrogens with one attached hydrogen (secondary N) is 1. The summed E-state index contributed by atoms with van der Waals surface area (Å²) in [6, 6.07) is 4.39. The zero-order chi connectivity index (χ0) is 11.3. The average molecular weight is 211 g/mol. The normalized spacial score (nSPS) is 10.7. The first-order chi connectivity index (χ1) is 7.13. The van der Waals surface area contributed by atoms with Gasteiger partial charge in [0.1, 0.15) is 5.82 Å². The lowest BCUT2D eigenvalue weighted by molar-refractivity contribution is 0.367. The minimum absolute atomic E-state index is 0.302. The average Bonchev–Trinajstić information content (AvgIpc) is 2.21. The molecule has 3 N–H and O–H groups in total. The summed E-state index contributed by atoms with van der Waals surface area (Å²) in [5, 5.41) is 3.17. The topological polar surface area (TPSA) is 41.3 Å². The predicted octanol–water partition coefficient (Wildman–Crippen LogP) is 1.77. The van der Waals surface area contributed by atoms with Gasteiger partial charge in [0.05, 0.1) is 11.4 Å². The summed E-state index contributed by atoms with van der Waals surface area (Å²) in [5.41, 5.74) is 6.90. The molecule has 84 valence electrons. The number of likely N-dealkylation sites (N-methyl/N-ethyl adjacent to an activating group) is 1. The first-order valence-electron chi connectivity index (χ1n) is 5.11. The van der Waals surface area contributed by atoms with Crippen LogP contribution in [-0.4, -0.2) is 31.6 Å². The van der Waals surface area contributed by atoms with E-state index in [0.29, 0.717) is 5.69 Å². The molecule has 0 aliphatic rings. The summed E-state index contributed by atoms with van der Waals surface area (Å²) in [4.78, 5) is 2.19. The van der Waals surface area contributed by atoms with E-state index in [1.807, 2.05) is 0 Å². The maximum Gasteiger partial charge on any atom is 0.125 e. The van der Waals surface area contributed by atoms with Crippen molar-refractivity contribution in [1.82, 2.24) is 4.90 Å². The Morgan fingerprint density at radius 3 is 2.80 bits per heavy atom. The van der Waals surface area contributed by atoms with Crippen LogP contribution in [0.5, 0.6) is 0 Å². The first kappa shape index (κ1) is 11.8. The first-order valence-corrected chi connectivity index (χ1v) is 5.11. The van der Waals surface area contributed by atoms with Gasteiger partial charge in [-0.05, 0) is 31.8 Å². The SMILES string of the molecule is CCN(C)CCNc1ccc(F)cc1N. The van der Waals surface area contributed by atoms with Crippen molar-refractivity contribution >= 4 is 11.4 Å². The van der Waals surface area contributed by atoms with Crippen LogP contribution in [0.2, 0.25) is 0 Å². The fourth-order valence-electron chi connectivity index (χ4n) is 1.23. The molecule has 0 radical (unpaired) electrons. The summed E-state index contributed by atoms with van der Waals surface area (Å²) in [6.07, 6.45) is 0. The summed E-state index contributed by atoms with van der Waals surface area (Å²) in [7, 11) is 2.05. The van der Waals surface area contributed by atoms with Gasteiger partial charge in [-0.2, -0.15) is 0 Å². The van der Waals surface area contributed by atoms with Crippen LogP contribution >= 0.6 is 0 Å². The van der Waals surface area contributed by atoms with Gasteiger partial charge in [0.2, 0.25) is 0 Å². The van der Waals surface area contributed by atoms with E-state index in [-0.39, 0.29) is 5.82 Å². The minimum Gasteiger partial charge on any atom is -0.397 e. The molecule has 1 aromatic carbocycles. The van der Waals surface area contributed by atoms with Crippen LogP contribution in [0, 0.1) is 5.82 Å². The molecule has 0 aliphatic heterocycles. The molecular formula is C11H18FN3. The van der Waals surface area contributed by atoms with Crippen LogP contribution in [0.25, 0.3) is 0 Å². The number of hydrogen-bond acceptors (Lipinski definition) is 3. The fraction of sp³-hybridized carbons (Fsp3) is 0.455. The Hall–Kier alpha value is -1.29. The summed E-state index contributed by atoms with van der Waals surface area (Å²) in [6.45, 7) is 4.86. The fourth-order valence-corrected chi connectivity index (χ4v) is 1.23. The number of nitrogens with two attached hydrogens (primary N) is 1. The summed E-state index contributed by atoms with van der Waals surface area (Å²) in [5.74, 6) is -0.302. The third-order valence-corrected chi connectivity index (χ3v) is 2.36. The van der Waals surface area contributed by atoms with E-state index < -0.39 is 0 Å². The molecule has 0 fully saturated rings. The van der Waals surface area contributed by atoms with E-state index in [9.17, 15) is 4.39 Å². The minimum atomic E-state index is -0.302. The highest BCUT2D eigenvalue weighted by Gasteiger charge is 2.00. The van der Waals surface area contributed by atoms with Crippen LogP contribution < -0.4 is 11.1 Å². The molecule has 4 heteroatoms. The Bertz CT molecular complexity index is 315. The van der Waals surface area contributed by atoms with Crippen LogP contribution in [0.15, 0.2) is 18.2 Å². The predicted molar refractivity (Wildman–Crippen MR) is 62.5 cm³/mol.